The lowest BCUT2D eigenvalue weighted by atomic mass is 10.0. The van der Waals surface area contributed by atoms with Gasteiger partial charge in [0.05, 0.1) is 22.1 Å². The second-order valence-electron chi connectivity index (χ2n) is 7.71. The molecule has 5 heteroatoms. The molecule has 1 heterocycles. The van der Waals surface area contributed by atoms with Crippen LogP contribution in [0.1, 0.15) is 29.3 Å². The Bertz CT molecular complexity index is 1300. The lowest BCUT2D eigenvalue weighted by Crippen LogP contribution is -2.15. The molecular weight excluding hydrogens is 452 g/mol. The van der Waals surface area contributed by atoms with E-state index in [-0.39, 0.29) is 5.78 Å². The summed E-state index contributed by atoms with van der Waals surface area (Å²) in [5, 5.41) is 0.463. The Labute approximate surface area is 201 Å². The van der Waals surface area contributed by atoms with Gasteiger partial charge >= 0.3 is 0 Å². The van der Waals surface area contributed by atoms with E-state index in [2.05, 4.69) is 19.1 Å². The summed E-state index contributed by atoms with van der Waals surface area (Å²) in [6.45, 7) is 2.65. The van der Waals surface area contributed by atoms with E-state index >= 15 is 0 Å². The second kappa shape index (κ2) is 9.34. The van der Waals surface area contributed by atoms with Gasteiger partial charge in [-0.15, -0.1) is 0 Å². The van der Waals surface area contributed by atoms with Gasteiger partial charge < -0.3 is 9.47 Å². The molecule has 0 saturated heterocycles. The third-order valence-corrected chi connectivity index (χ3v) is 8.36. The zero-order valence-corrected chi connectivity index (χ0v) is 19.8. The highest BCUT2D eigenvalue weighted by molar-refractivity contribution is 8.17. The summed E-state index contributed by atoms with van der Waals surface area (Å²) in [4.78, 5) is 16.5. The van der Waals surface area contributed by atoms with E-state index < -0.39 is 10.9 Å². The first-order valence-electron chi connectivity index (χ1n) is 10.9. The maximum atomic E-state index is 13.4. The minimum absolute atomic E-state index is 0.0460. The third-order valence-electron chi connectivity index (χ3n) is 5.47. The highest BCUT2D eigenvalue weighted by atomic mass is 35.5. The molecule has 0 spiro atoms. The first-order valence-corrected chi connectivity index (χ1v) is 12.6. The summed E-state index contributed by atoms with van der Waals surface area (Å²) in [6, 6.07) is 29.3. The molecule has 0 radical (unpaired) electrons. The highest BCUT2D eigenvalue weighted by Gasteiger charge is 2.34. The van der Waals surface area contributed by atoms with E-state index in [9.17, 15) is 4.79 Å². The van der Waals surface area contributed by atoms with Crippen LogP contribution in [-0.2, 0) is 0 Å². The number of thiol groups is 1. The molecule has 4 aromatic rings. The van der Waals surface area contributed by atoms with Gasteiger partial charge in [0.15, 0.2) is 5.78 Å². The number of hydrogen-bond acceptors (Lipinski definition) is 3. The number of halogens is 1. The molecule has 0 fully saturated rings. The Morgan fingerprint density at radius 3 is 2.27 bits per heavy atom. The molecule has 1 aliphatic heterocycles. The lowest BCUT2D eigenvalue weighted by molar-refractivity contribution is 0.103. The van der Waals surface area contributed by atoms with Crippen molar-refractivity contribution in [3.8, 4) is 17.2 Å². The number of ether oxygens (including phenoxy) is 2. The van der Waals surface area contributed by atoms with E-state index in [4.69, 9.17) is 21.1 Å². The van der Waals surface area contributed by atoms with Gasteiger partial charge in [-0.1, -0.05) is 48.9 Å². The monoisotopic (exact) mass is 474 g/mol. The summed E-state index contributed by atoms with van der Waals surface area (Å²) in [6.07, 6.45) is 0.880. The minimum Gasteiger partial charge on any atom is -0.492 e. The fourth-order valence-corrected chi connectivity index (χ4v) is 6.98. The zero-order chi connectivity index (χ0) is 22.8. The van der Waals surface area contributed by atoms with Crippen molar-refractivity contribution < 1.29 is 14.3 Å². The van der Waals surface area contributed by atoms with Crippen LogP contribution in [0, 0.1) is 0 Å². The van der Waals surface area contributed by atoms with Crippen LogP contribution in [-0.4, -0.2) is 12.4 Å². The number of carbonyl (C=O) groups excluding carboxylic acids is 1. The molecule has 0 amide bonds. The van der Waals surface area contributed by atoms with Crippen molar-refractivity contribution in [3.05, 3.63) is 107 Å². The number of hydrogen-bond donors (Lipinski definition) is 1. The Balaban J connectivity index is 1.62. The normalized spacial score (nSPS) is 15.5. The van der Waals surface area contributed by atoms with Crippen LogP contribution in [0.5, 0.6) is 17.2 Å². The quantitative estimate of drug-likeness (QED) is 0.254. The number of benzene rings is 4. The molecule has 4 aromatic carbocycles. The summed E-state index contributed by atoms with van der Waals surface area (Å²) in [5.74, 6) is 2.23. The summed E-state index contributed by atoms with van der Waals surface area (Å²) >= 11 is 6.59. The molecule has 0 bridgehead atoms. The SMILES string of the molecule is CCCOc1ccc(Cl)c2c1[SH](c1ccc(Oc3ccccc3)cc1)c1ccccc1C2=O. The Kier molecular flexibility index (Phi) is 6.12. The minimum atomic E-state index is -1.04. The maximum absolute atomic E-state index is 13.4. The highest BCUT2D eigenvalue weighted by Crippen LogP contribution is 2.61. The molecule has 0 aromatic heterocycles. The standard InChI is InChI=1S/C28H23ClO3S/c1-2-18-31-24-17-16-23(29)26-27(30)22-10-6-7-11-25(22)33(28(24)26)21-14-12-20(13-15-21)32-19-8-4-3-5-9-19/h3-17,33H,2,18H2,1H3. The molecule has 1 unspecified atom stereocenters. The molecule has 1 atom stereocenters. The maximum Gasteiger partial charge on any atom is 0.196 e. The molecule has 0 aliphatic carbocycles. The van der Waals surface area contributed by atoms with E-state index in [1.54, 1.807) is 6.07 Å². The molecule has 3 nitrogen and oxygen atoms in total. The van der Waals surface area contributed by atoms with Crippen molar-refractivity contribution in [2.24, 2.45) is 0 Å². The predicted octanol–water partition coefficient (Wildman–Crippen LogP) is 7.94. The molecule has 33 heavy (non-hydrogen) atoms. The number of fused-ring (bicyclic) bond motifs is 2. The van der Waals surface area contributed by atoms with Crippen LogP contribution >= 0.6 is 22.5 Å². The summed E-state index contributed by atoms with van der Waals surface area (Å²) in [7, 11) is -1.04. The number of para-hydroxylation sites is 1. The van der Waals surface area contributed by atoms with Gasteiger partial charge in [-0.25, -0.2) is 0 Å². The number of rotatable bonds is 6. The van der Waals surface area contributed by atoms with Crippen LogP contribution < -0.4 is 9.47 Å². The second-order valence-corrected chi connectivity index (χ2v) is 10.2. The van der Waals surface area contributed by atoms with E-state index in [0.717, 1.165) is 38.4 Å². The van der Waals surface area contributed by atoms with Crippen molar-refractivity contribution >= 4 is 28.3 Å². The molecule has 0 N–H and O–H groups in total. The van der Waals surface area contributed by atoms with Gasteiger partial charge in [0, 0.05) is 10.5 Å². The third kappa shape index (κ3) is 4.12. The van der Waals surface area contributed by atoms with Crippen LogP contribution in [0.15, 0.2) is 106 Å². The average Bonchev–Trinajstić information content (AvgIpc) is 2.85. The van der Waals surface area contributed by atoms with Gasteiger partial charge in [-0.2, -0.15) is 10.9 Å². The van der Waals surface area contributed by atoms with E-state index in [1.165, 1.54) is 0 Å². The first kappa shape index (κ1) is 21.6. The number of ketones is 1. The van der Waals surface area contributed by atoms with E-state index in [1.807, 2.05) is 72.8 Å². The van der Waals surface area contributed by atoms with E-state index in [0.29, 0.717) is 22.8 Å². The smallest absolute Gasteiger partial charge is 0.196 e. The van der Waals surface area contributed by atoms with Crippen molar-refractivity contribution in [2.75, 3.05) is 6.61 Å². The van der Waals surface area contributed by atoms with Crippen molar-refractivity contribution in [1.29, 1.82) is 0 Å². The predicted molar refractivity (Wildman–Crippen MR) is 134 cm³/mol. The molecule has 5 rings (SSSR count). The zero-order valence-electron chi connectivity index (χ0n) is 18.1. The number of carbonyl (C=O) groups is 1. The van der Waals surface area contributed by atoms with Crippen molar-refractivity contribution in [2.45, 2.75) is 28.0 Å². The van der Waals surface area contributed by atoms with Gasteiger partial charge in [-0.05, 0) is 72.0 Å². The Morgan fingerprint density at radius 2 is 1.52 bits per heavy atom. The fourth-order valence-electron chi connectivity index (χ4n) is 3.99. The van der Waals surface area contributed by atoms with Gasteiger partial charge in [0.1, 0.15) is 17.2 Å². The van der Waals surface area contributed by atoms with Gasteiger partial charge in [0.25, 0.3) is 0 Å². The average molecular weight is 475 g/mol. The summed E-state index contributed by atoms with van der Waals surface area (Å²) < 4.78 is 12.1. The van der Waals surface area contributed by atoms with Gasteiger partial charge in [0.2, 0.25) is 0 Å². The molecular formula is C28H23ClO3S. The van der Waals surface area contributed by atoms with Crippen LogP contribution in [0.2, 0.25) is 5.02 Å². The first-order chi connectivity index (χ1) is 16.2. The topological polar surface area (TPSA) is 35.5 Å². The fraction of sp³-hybridized carbons (Fsp3) is 0.107. The lowest BCUT2D eigenvalue weighted by Gasteiger charge is -2.33. The molecule has 166 valence electrons. The van der Waals surface area contributed by atoms with Crippen LogP contribution in [0.3, 0.4) is 0 Å². The Morgan fingerprint density at radius 1 is 0.818 bits per heavy atom. The van der Waals surface area contributed by atoms with Crippen molar-refractivity contribution in [3.63, 3.8) is 0 Å². The summed E-state index contributed by atoms with van der Waals surface area (Å²) in [5.41, 5.74) is 1.26. The molecule has 0 saturated carbocycles. The molecule has 1 aliphatic rings. The van der Waals surface area contributed by atoms with Crippen LogP contribution in [0.25, 0.3) is 0 Å². The van der Waals surface area contributed by atoms with Gasteiger partial charge in [-0.3, -0.25) is 4.79 Å². The largest absolute Gasteiger partial charge is 0.492 e. The van der Waals surface area contributed by atoms with Crippen LogP contribution in [0.4, 0.5) is 0 Å². The Hall–Kier alpha value is -3.21. The van der Waals surface area contributed by atoms with Crippen molar-refractivity contribution in [1.82, 2.24) is 0 Å².